The lowest BCUT2D eigenvalue weighted by atomic mass is 9.83. The van der Waals surface area contributed by atoms with Crippen molar-refractivity contribution in [2.24, 2.45) is 5.92 Å². The predicted octanol–water partition coefficient (Wildman–Crippen LogP) is 3.37. The van der Waals surface area contributed by atoms with Gasteiger partial charge >= 0.3 is 11.9 Å². The molecule has 0 radical (unpaired) electrons. The van der Waals surface area contributed by atoms with Crippen LogP contribution in [0.1, 0.15) is 63.0 Å². The van der Waals surface area contributed by atoms with E-state index in [2.05, 4.69) is 0 Å². The van der Waals surface area contributed by atoms with Crippen LogP contribution >= 0.6 is 0 Å². The number of Topliss-reactive ketones (excluding diaryl/α,β-unsaturated/α-hetero) is 1. The van der Waals surface area contributed by atoms with E-state index in [4.69, 9.17) is 9.47 Å². The molecule has 2 rings (SSSR count). The third kappa shape index (κ3) is 4.47. The van der Waals surface area contributed by atoms with Crippen molar-refractivity contribution in [1.82, 2.24) is 0 Å². The lowest BCUT2D eigenvalue weighted by molar-refractivity contribution is -0.148. The Balaban J connectivity index is 2.24. The van der Waals surface area contributed by atoms with Crippen molar-refractivity contribution in [3.63, 3.8) is 0 Å². The Morgan fingerprint density at radius 1 is 1.04 bits per heavy atom. The van der Waals surface area contributed by atoms with Crippen LogP contribution in [0.5, 0.6) is 0 Å². The third-order valence-electron chi connectivity index (χ3n) is 4.73. The minimum atomic E-state index is -0.568. The average molecular weight is 346 g/mol. The van der Waals surface area contributed by atoms with Crippen molar-refractivity contribution in [2.75, 3.05) is 13.2 Å². The molecule has 0 heterocycles. The van der Waals surface area contributed by atoms with E-state index in [0.29, 0.717) is 19.4 Å². The molecule has 3 unspecified atom stereocenters. The maximum Gasteiger partial charge on any atom is 0.314 e. The molecule has 1 saturated carbocycles. The van der Waals surface area contributed by atoms with Crippen LogP contribution in [0.3, 0.4) is 0 Å². The summed E-state index contributed by atoms with van der Waals surface area (Å²) in [6.45, 7) is 5.95. The number of carbonyl (C=O) groups excluding carboxylic acids is 3. The largest absolute Gasteiger partial charge is 0.466 e. The standard InChI is InChI=1S/C20H26O5/c1-4-24-19(22)13(3)14-9-11-15(12-10-14)18(20(23)25-5-2)16-7-6-8-17(16)21/h9-13,16,18H,4-8H2,1-3H3. The fourth-order valence-corrected chi connectivity index (χ4v) is 3.36. The first-order chi connectivity index (χ1) is 12.0. The molecule has 0 spiro atoms. The highest BCUT2D eigenvalue weighted by molar-refractivity contribution is 5.91. The Kier molecular flexibility index (Phi) is 6.73. The molecule has 136 valence electrons. The highest BCUT2D eigenvalue weighted by Gasteiger charge is 2.38. The van der Waals surface area contributed by atoms with Crippen LogP contribution < -0.4 is 0 Å². The number of esters is 2. The van der Waals surface area contributed by atoms with Gasteiger partial charge in [-0.1, -0.05) is 24.3 Å². The highest BCUT2D eigenvalue weighted by atomic mass is 16.5. The van der Waals surface area contributed by atoms with Crippen LogP contribution in [0, 0.1) is 5.92 Å². The van der Waals surface area contributed by atoms with Crippen LogP contribution in [0.15, 0.2) is 24.3 Å². The van der Waals surface area contributed by atoms with Crippen molar-refractivity contribution < 1.29 is 23.9 Å². The van der Waals surface area contributed by atoms with Gasteiger partial charge in [0.15, 0.2) is 0 Å². The van der Waals surface area contributed by atoms with Crippen molar-refractivity contribution in [2.45, 2.75) is 51.9 Å². The smallest absolute Gasteiger partial charge is 0.314 e. The van der Waals surface area contributed by atoms with Gasteiger partial charge in [0, 0.05) is 12.3 Å². The summed E-state index contributed by atoms with van der Waals surface area (Å²) in [6.07, 6.45) is 2.05. The number of ether oxygens (including phenoxy) is 2. The van der Waals surface area contributed by atoms with Crippen molar-refractivity contribution >= 4 is 17.7 Å². The number of hydrogen-bond donors (Lipinski definition) is 0. The zero-order chi connectivity index (χ0) is 18.4. The first-order valence-corrected chi connectivity index (χ1v) is 8.95. The average Bonchev–Trinajstić information content (AvgIpc) is 3.01. The summed E-state index contributed by atoms with van der Waals surface area (Å²) in [5.41, 5.74) is 1.58. The van der Waals surface area contributed by atoms with E-state index < -0.39 is 5.92 Å². The molecule has 0 amide bonds. The van der Waals surface area contributed by atoms with E-state index in [1.165, 1.54) is 0 Å². The van der Waals surface area contributed by atoms with Gasteiger partial charge < -0.3 is 9.47 Å². The molecule has 1 aliphatic rings. The molecule has 0 N–H and O–H groups in total. The van der Waals surface area contributed by atoms with Crippen LogP contribution in [0.4, 0.5) is 0 Å². The lowest BCUT2D eigenvalue weighted by Gasteiger charge is -2.21. The number of hydrogen-bond acceptors (Lipinski definition) is 5. The maximum absolute atomic E-state index is 12.4. The zero-order valence-electron chi connectivity index (χ0n) is 15.1. The lowest BCUT2D eigenvalue weighted by Crippen LogP contribution is -2.26. The summed E-state index contributed by atoms with van der Waals surface area (Å²) in [5, 5.41) is 0. The van der Waals surface area contributed by atoms with Gasteiger partial charge in [-0.3, -0.25) is 14.4 Å². The van der Waals surface area contributed by atoms with Gasteiger partial charge in [-0.15, -0.1) is 0 Å². The number of ketones is 1. The molecule has 1 aromatic carbocycles. The van der Waals surface area contributed by atoms with Gasteiger partial charge in [0.25, 0.3) is 0 Å². The van der Waals surface area contributed by atoms with Gasteiger partial charge in [0.05, 0.1) is 25.0 Å². The third-order valence-corrected chi connectivity index (χ3v) is 4.73. The Bertz CT molecular complexity index is 619. The van der Waals surface area contributed by atoms with Gasteiger partial charge in [-0.05, 0) is 44.7 Å². The highest BCUT2D eigenvalue weighted by Crippen LogP contribution is 2.36. The normalized spacial score (nSPS) is 19.3. The van der Waals surface area contributed by atoms with Crippen molar-refractivity contribution in [3.8, 4) is 0 Å². The number of rotatable bonds is 7. The molecule has 1 aliphatic carbocycles. The van der Waals surface area contributed by atoms with E-state index in [-0.39, 0.29) is 36.2 Å². The molecule has 1 fully saturated rings. The topological polar surface area (TPSA) is 69.7 Å². The summed E-state index contributed by atoms with van der Waals surface area (Å²) < 4.78 is 10.2. The Morgan fingerprint density at radius 2 is 1.60 bits per heavy atom. The molecule has 25 heavy (non-hydrogen) atoms. The summed E-state index contributed by atoms with van der Waals surface area (Å²) in [5.74, 6) is -1.75. The van der Waals surface area contributed by atoms with Crippen LogP contribution in [0.25, 0.3) is 0 Å². The minimum absolute atomic E-state index is 0.127. The Morgan fingerprint density at radius 3 is 2.12 bits per heavy atom. The number of benzene rings is 1. The quantitative estimate of drug-likeness (QED) is 0.708. The SMILES string of the molecule is CCOC(=O)C(C)c1ccc(C(C(=O)OCC)C2CCCC2=O)cc1. The monoisotopic (exact) mass is 346 g/mol. The molecule has 0 aliphatic heterocycles. The zero-order valence-corrected chi connectivity index (χ0v) is 15.1. The minimum Gasteiger partial charge on any atom is -0.466 e. The van der Waals surface area contributed by atoms with Crippen LogP contribution in [-0.4, -0.2) is 30.9 Å². The van der Waals surface area contributed by atoms with Gasteiger partial charge in [-0.25, -0.2) is 0 Å². The van der Waals surface area contributed by atoms with Crippen LogP contribution in [0.2, 0.25) is 0 Å². The van der Waals surface area contributed by atoms with Crippen LogP contribution in [-0.2, 0) is 23.9 Å². The van der Waals surface area contributed by atoms with E-state index in [9.17, 15) is 14.4 Å². The van der Waals surface area contributed by atoms with E-state index in [1.807, 2.05) is 24.3 Å². The molecule has 0 saturated heterocycles. The molecule has 3 atom stereocenters. The van der Waals surface area contributed by atoms with Gasteiger partial charge in [0.2, 0.25) is 0 Å². The summed E-state index contributed by atoms with van der Waals surface area (Å²) in [7, 11) is 0. The summed E-state index contributed by atoms with van der Waals surface area (Å²) in [6, 6.07) is 7.28. The maximum atomic E-state index is 12.4. The molecular weight excluding hydrogens is 320 g/mol. The molecule has 1 aromatic rings. The molecular formula is C20H26O5. The summed E-state index contributed by atoms with van der Waals surface area (Å²) in [4.78, 5) is 36.5. The summed E-state index contributed by atoms with van der Waals surface area (Å²) >= 11 is 0. The molecule has 5 heteroatoms. The van der Waals surface area contributed by atoms with E-state index >= 15 is 0 Å². The second-order valence-corrected chi connectivity index (χ2v) is 6.34. The molecule has 5 nitrogen and oxygen atoms in total. The molecule has 0 bridgehead atoms. The van der Waals surface area contributed by atoms with Crippen molar-refractivity contribution in [1.29, 1.82) is 0 Å². The fraction of sp³-hybridized carbons (Fsp3) is 0.550. The van der Waals surface area contributed by atoms with E-state index in [0.717, 1.165) is 17.5 Å². The van der Waals surface area contributed by atoms with Gasteiger partial charge in [-0.2, -0.15) is 0 Å². The second kappa shape index (κ2) is 8.79. The van der Waals surface area contributed by atoms with Gasteiger partial charge in [0.1, 0.15) is 5.78 Å². The second-order valence-electron chi connectivity index (χ2n) is 6.34. The Labute approximate surface area is 148 Å². The fourth-order valence-electron chi connectivity index (χ4n) is 3.36. The molecule has 0 aromatic heterocycles. The predicted molar refractivity (Wildman–Crippen MR) is 93.2 cm³/mol. The first-order valence-electron chi connectivity index (χ1n) is 8.95. The van der Waals surface area contributed by atoms with E-state index in [1.54, 1.807) is 20.8 Å². The van der Waals surface area contributed by atoms with Crippen molar-refractivity contribution in [3.05, 3.63) is 35.4 Å². The first kappa shape index (κ1) is 19.2. The Hall–Kier alpha value is -2.17. The number of carbonyl (C=O) groups is 3.